The highest BCUT2D eigenvalue weighted by Crippen LogP contribution is 2.40. The summed E-state index contributed by atoms with van der Waals surface area (Å²) in [5.74, 6) is 29.0. The van der Waals surface area contributed by atoms with Gasteiger partial charge in [0.1, 0.15) is 103 Å². The normalized spacial score (nSPS) is 21.3. The summed E-state index contributed by atoms with van der Waals surface area (Å²) in [6.07, 6.45) is 3.68. The summed E-state index contributed by atoms with van der Waals surface area (Å²) < 4.78 is 91.7. The van der Waals surface area contributed by atoms with E-state index in [1.54, 1.807) is 0 Å². The number of quaternary nitrogens is 4. The fourth-order valence-corrected chi connectivity index (χ4v) is 17.8. The predicted octanol–water partition coefficient (Wildman–Crippen LogP) is 16.7. The van der Waals surface area contributed by atoms with Gasteiger partial charge in [-0.3, -0.25) is 0 Å². The SMILES string of the molecule is C[N+]1(CCCCOc2cc3cc(c2)COCC#Cc2ccc4ccc5c(ccc6ccc2c4c65)C#CCOCc2cc(cc(OCCCC[N+]4(C)CCOCCOCC[N+](C)(Cc5ccccc5)CCOCCOCC4)c2)COCC#Cc2ccc4ccc5c(ccc6ccc2c4c65)C#CCOC3)CCOCCOCC[N+](C)(Cc2ccccc2)CCOCCOCC1. The van der Waals surface area contributed by atoms with Gasteiger partial charge in [0, 0.05) is 33.4 Å². The molecule has 128 heavy (non-hydrogen) atoms. The van der Waals surface area contributed by atoms with E-state index in [-0.39, 0.29) is 26.4 Å². The van der Waals surface area contributed by atoms with Gasteiger partial charge in [-0.25, -0.2) is 0 Å². The Hall–Kier alpha value is -10.1. The van der Waals surface area contributed by atoms with Crippen molar-refractivity contribution in [2.24, 2.45) is 0 Å². The molecule has 0 saturated carbocycles. The van der Waals surface area contributed by atoms with E-state index in [9.17, 15) is 0 Å². The molecule has 15 rings (SSSR count). The first-order valence-electron chi connectivity index (χ1n) is 46.1. The first kappa shape index (κ1) is 92.6. The molecule has 0 radical (unpaired) electrons. The molecule has 2 saturated heterocycles. The first-order chi connectivity index (χ1) is 62.9. The Balaban J connectivity index is 0.604. The highest BCUT2D eigenvalue weighted by atomic mass is 16.5. The molecule has 668 valence electrons. The highest BCUT2D eigenvalue weighted by Gasteiger charge is 2.28. The molecule has 3 heterocycles. The van der Waals surface area contributed by atoms with Crippen molar-refractivity contribution in [3.63, 3.8) is 0 Å². The maximum atomic E-state index is 6.64. The van der Waals surface area contributed by atoms with Gasteiger partial charge in [0.15, 0.2) is 0 Å². The third-order valence-corrected chi connectivity index (χ3v) is 25.3. The Labute approximate surface area is 757 Å². The molecule has 3 aliphatic rings. The molecule has 0 atom stereocenters. The van der Waals surface area contributed by atoms with Crippen LogP contribution >= 0.6 is 0 Å². The molecule has 12 aromatic rings. The lowest BCUT2D eigenvalue weighted by Gasteiger charge is -2.35. The van der Waals surface area contributed by atoms with Crippen LogP contribution in [0.1, 0.15) is 81.3 Å². The Bertz CT molecular complexity index is 5180. The summed E-state index contributed by atoms with van der Waals surface area (Å²) in [4.78, 5) is 0. The number of benzene rings is 12. The molecule has 0 spiro atoms. The van der Waals surface area contributed by atoms with E-state index in [0.717, 1.165) is 221 Å². The van der Waals surface area contributed by atoms with Crippen molar-refractivity contribution in [2.45, 2.75) is 65.2 Å². The molecule has 0 aliphatic carbocycles. The maximum absolute atomic E-state index is 6.64. The standard InChI is InChI=1S/C110H128N4O14/c1-111(45-59-115-67-71-119-63-49-113(3,81-87-19-7-5-8-20-87)50-64-120-72-68-116-60-46-111)43-11-13-57-127-101-77-89-75-90(78-101)84-124-54-16-24-94-28-32-98-38-42-106-96(30-34-100-36-40-104(94)108(98)110(100)106)26-18-56-126-86-92-76-91(85-125-55-17-25-95-29-33-99-35-39-103-93(23-15-53-123-83-89)27-31-97-37-41-105(95)109(99)107(97)103)79-102(80-92)128-58-14-12-44-112(2)47-61-117-69-73-121-65-51-114(4,82-88-21-9-6-10-22-88)52-66-122-74-70-118-62-48-112/h5-10,19-22,27-42,75-80H,11-14,43-74,81-86H2,1-4H3/q+4. The van der Waals surface area contributed by atoms with Gasteiger partial charge < -0.3 is 84.2 Å². The summed E-state index contributed by atoms with van der Waals surface area (Å²) in [6, 6.07) is 68.6. The monoisotopic (exact) mass is 1730 g/mol. The number of fused-ring (bicyclic) bond motifs is 4. The largest absolute Gasteiger partial charge is 0.494 e. The molecule has 3 aliphatic heterocycles. The summed E-state index contributed by atoms with van der Waals surface area (Å²) >= 11 is 0. The average molecular weight is 1730 g/mol. The molecule has 18 nitrogen and oxygen atoms in total. The minimum absolute atomic E-state index is 0.229. The van der Waals surface area contributed by atoms with Crippen LogP contribution in [0.4, 0.5) is 0 Å². The van der Waals surface area contributed by atoms with Gasteiger partial charge in [0.05, 0.1) is 187 Å². The topological polar surface area (TPSA) is 129 Å². The van der Waals surface area contributed by atoms with Gasteiger partial charge in [0.2, 0.25) is 0 Å². The lowest BCUT2D eigenvalue weighted by atomic mass is 9.90. The smallest absolute Gasteiger partial charge is 0.120 e. The number of hydrogen-bond donors (Lipinski definition) is 0. The number of hydrogen-bond acceptors (Lipinski definition) is 14. The van der Waals surface area contributed by atoms with Gasteiger partial charge in [-0.1, -0.05) is 193 Å². The van der Waals surface area contributed by atoms with Crippen molar-refractivity contribution in [1.82, 2.24) is 0 Å². The van der Waals surface area contributed by atoms with Gasteiger partial charge >= 0.3 is 0 Å². The zero-order valence-corrected chi connectivity index (χ0v) is 75.7. The van der Waals surface area contributed by atoms with Crippen LogP contribution in [0.2, 0.25) is 0 Å². The van der Waals surface area contributed by atoms with E-state index in [1.807, 2.05) is 0 Å². The van der Waals surface area contributed by atoms with Crippen molar-refractivity contribution in [3.8, 4) is 58.9 Å². The molecule has 16 bridgehead atoms. The van der Waals surface area contributed by atoms with Crippen molar-refractivity contribution in [2.75, 3.05) is 239 Å². The van der Waals surface area contributed by atoms with Crippen LogP contribution < -0.4 is 9.47 Å². The second-order valence-electron chi connectivity index (χ2n) is 35.5. The molecular formula is C110H128N4O14+4. The summed E-state index contributed by atoms with van der Waals surface area (Å²) in [7, 11) is 9.20. The van der Waals surface area contributed by atoms with Crippen molar-refractivity contribution in [3.05, 3.63) is 250 Å². The third-order valence-electron chi connectivity index (χ3n) is 25.3. The lowest BCUT2D eigenvalue weighted by molar-refractivity contribution is -0.923. The van der Waals surface area contributed by atoms with Crippen LogP contribution in [-0.4, -0.2) is 257 Å². The lowest BCUT2D eigenvalue weighted by Crippen LogP contribution is -2.49. The molecule has 2 fully saturated rings. The molecule has 0 amide bonds. The van der Waals surface area contributed by atoms with E-state index in [1.165, 1.54) is 32.7 Å². The fraction of sp³-hybridized carbons (Fsp3) is 0.418. The number of unbranched alkanes of at least 4 members (excludes halogenated alkanes) is 2. The van der Waals surface area contributed by atoms with Crippen molar-refractivity contribution in [1.29, 1.82) is 0 Å². The fourth-order valence-electron chi connectivity index (χ4n) is 17.8. The zero-order valence-electron chi connectivity index (χ0n) is 75.7. The van der Waals surface area contributed by atoms with Gasteiger partial charge in [-0.2, -0.15) is 0 Å². The van der Waals surface area contributed by atoms with E-state index >= 15 is 0 Å². The van der Waals surface area contributed by atoms with Gasteiger partial charge in [0.25, 0.3) is 0 Å². The Morgan fingerprint density at radius 1 is 0.258 bits per heavy atom. The van der Waals surface area contributed by atoms with Gasteiger partial charge in [-0.05, 0) is 161 Å². The van der Waals surface area contributed by atoms with E-state index in [0.29, 0.717) is 145 Å². The quantitative estimate of drug-likeness (QED) is 0.0394. The minimum atomic E-state index is 0.229. The Morgan fingerprint density at radius 2 is 0.508 bits per heavy atom. The summed E-state index contributed by atoms with van der Waals surface area (Å²) in [5.41, 5.74) is 10.3. The Kier molecular flexibility index (Phi) is 34.4. The molecule has 12 aromatic carbocycles. The van der Waals surface area contributed by atoms with Crippen LogP contribution in [0.15, 0.2) is 194 Å². The highest BCUT2D eigenvalue weighted by molar-refractivity contribution is 6.26. The predicted molar refractivity (Wildman–Crippen MR) is 509 cm³/mol. The van der Waals surface area contributed by atoms with E-state index < -0.39 is 0 Å². The molecule has 0 unspecified atom stereocenters. The minimum Gasteiger partial charge on any atom is -0.494 e. The van der Waals surface area contributed by atoms with Crippen LogP contribution in [0.3, 0.4) is 0 Å². The van der Waals surface area contributed by atoms with Crippen LogP contribution in [0, 0.1) is 47.4 Å². The number of nitrogens with zero attached hydrogens (tertiary/aromatic N) is 4. The van der Waals surface area contributed by atoms with Crippen LogP contribution in [-0.2, 0) is 96.4 Å². The maximum Gasteiger partial charge on any atom is 0.120 e. The number of rotatable bonds is 16. The second-order valence-corrected chi connectivity index (χ2v) is 35.5. The average Bonchev–Trinajstić information content (AvgIpc) is 0.737. The van der Waals surface area contributed by atoms with Crippen LogP contribution in [0.5, 0.6) is 11.5 Å². The summed E-state index contributed by atoms with van der Waals surface area (Å²) in [5, 5.41) is 13.6. The first-order valence-corrected chi connectivity index (χ1v) is 46.1. The molecule has 0 aromatic heterocycles. The van der Waals surface area contributed by atoms with E-state index in [4.69, 9.17) is 66.3 Å². The van der Waals surface area contributed by atoms with Crippen molar-refractivity contribution >= 4 is 64.6 Å². The van der Waals surface area contributed by atoms with Gasteiger partial charge in [-0.15, -0.1) is 0 Å². The van der Waals surface area contributed by atoms with E-state index in [2.05, 4.69) is 270 Å². The number of ether oxygens (including phenoxy) is 14. The van der Waals surface area contributed by atoms with Crippen LogP contribution in [0.25, 0.3) is 64.6 Å². The summed E-state index contributed by atoms with van der Waals surface area (Å²) in [6.45, 7) is 23.9. The molecule has 0 N–H and O–H groups in total. The molecule has 18 heteroatoms. The second kappa shape index (κ2) is 47.5. The zero-order chi connectivity index (χ0) is 87.7. The Morgan fingerprint density at radius 3 is 0.773 bits per heavy atom. The number of likely N-dealkylation sites (N-methyl/N-ethyl adjacent to an activating group) is 4. The molecular weight excluding hydrogens is 1600 g/mol. The third kappa shape index (κ3) is 27.0. The van der Waals surface area contributed by atoms with Crippen molar-refractivity contribution < 1.29 is 84.2 Å².